The summed E-state index contributed by atoms with van der Waals surface area (Å²) < 4.78 is 6.51. The molecule has 2 bridgehead atoms. The fourth-order valence-corrected chi connectivity index (χ4v) is 6.72. The Kier molecular flexibility index (Phi) is 6.82. The van der Waals surface area contributed by atoms with Crippen LogP contribution in [-0.4, -0.2) is 35.0 Å². The number of pyridine rings is 1. The van der Waals surface area contributed by atoms with Crippen LogP contribution in [0.15, 0.2) is 49.2 Å². The minimum atomic E-state index is -0.243. The van der Waals surface area contributed by atoms with Crippen LogP contribution < -0.4 is 0 Å². The van der Waals surface area contributed by atoms with Crippen molar-refractivity contribution in [2.24, 2.45) is 23.7 Å². The Bertz CT molecular complexity index is 975. The second kappa shape index (κ2) is 9.97. The number of ether oxygens (including phenoxy) is 1. The van der Waals surface area contributed by atoms with E-state index in [1.54, 1.807) is 0 Å². The first-order chi connectivity index (χ1) is 16.2. The molecule has 1 saturated carbocycles. The van der Waals surface area contributed by atoms with Gasteiger partial charge in [0.1, 0.15) is 6.10 Å². The Balaban J connectivity index is 1.41. The van der Waals surface area contributed by atoms with Gasteiger partial charge in [0.05, 0.1) is 17.5 Å². The first-order valence-corrected chi connectivity index (χ1v) is 13.1. The molecule has 1 aromatic carbocycles. The first-order valence-electron chi connectivity index (χ1n) is 13.1. The average molecular weight is 447 g/mol. The lowest BCUT2D eigenvalue weighted by molar-refractivity contribution is -0.163. The van der Waals surface area contributed by atoms with Gasteiger partial charge in [0.15, 0.2) is 0 Å². The van der Waals surface area contributed by atoms with Crippen LogP contribution in [0.1, 0.15) is 70.0 Å². The third-order valence-corrected chi connectivity index (χ3v) is 8.61. The zero-order valence-electron chi connectivity index (χ0n) is 20.0. The number of piperidine rings is 3. The molecule has 1 aliphatic carbocycles. The van der Waals surface area contributed by atoms with Crippen molar-refractivity contribution in [2.75, 3.05) is 13.1 Å². The Labute approximate surface area is 198 Å². The van der Waals surface area contributed by atoms with Crippen LogP contribution in [0.5, 0.6) is 0 Å². The predicted octanol–water partition coefficient (Wildman–Crippen LogP) is 6.32. The second-order valence-corrected chi connectivity index (χ2v) is 10.5. The highest BCUT2D eigenvalue weighted by Gasteiger charge is 2.44. The van der Waals surface area contributed by atoms with Crippen LogP contribution in [0.2, 0.25) is 0 Å². The van der Waals surface area contributed by atoms with E-state index in [0.717, 1.165) is 67.6 Å². The normalized spacial score (nSPS) is 32.4. The number of hydrogen-bond acceptors (Lipinski definition) is 4. The van der Waals surface area contributed by atoms with Crippen molar-refractivity contribution in [3.05, 3.63) is 54.7 Å². The number of benzene rings is 1. The fourth-order valence-electron chi connectivity index (χ4n) is 6.72. The third-order valence-electron chi connectivity index (χ3n) is 8.61. The van der Waals surface area contributed by atoms with E-state index in [0.29, 0.717) is 11.8 Å². The maximum atomic E-state index is 13.5. The summed E-state index contributed by atoms with van der Waals surface area (Å²) in [6.45, 7) is 8.45. The number of rotatable bonds is 7. The Morgan fingerprint density at radius 1 is 1.21 bits per heavy atom. The van der Waals surface area contributed by atoms with Crippen molar-refractivity contribution in [3.8, 4) is 0 Å². The van der Waals surface area contributed by atoms with Gasteiger partial charge in [0, 0.05) is 23.7 Å². The van der Waals surface area contributed by atoms with Crippen LogP contribution in [0, 0.1) is 23.7 Å². The highest BCUT2D eigenvalue weighted by Crippen LogP contribution is 2.44. The molecule has 4 heteroatoms. The largest absolute Gasteiger partial charge is 0.456 e. The second-order valence-electron chi connectivity index (χ2n) is 10.5. The number of nitrogens with zero attached hydrogens (tertiary/aromatic N) is 2. The van der Waals surface area contributed by atoms with Crippen molar-refractivity contribution in [2.45, 2.75) is 70.4 Å². The lowest BCUT2D eigenvalue weighted by Crippen LogP contribution is -2.55. The molecule has 6 rings (SSSR count). The van der Waals surface area contributed by atoms with Gasteiger partial charge in [0.2, 0.25) is 0 Å². The minimum Gasteiger partial charge on any atom is -0.456 e. The molecule has 4 nitrogen and oxygen atoms in total. The average Bonchev–Trinajstić information content (AvgIpc) is 2.87. The van der Waals surface area contributed by atoms with Gasteiger partial charge in [0.25, 0.3) is 0 Å². The van der Waals surface area contributed by atoms with E-state index in [-0.39, 0.29) is 24.0 Å². The van der Waals surface area contributed by atoms with E-state index < -0.39 is 0 Å². The van der Waals surface area contributed by atoms with Crippen LogP contribution in [0.4, 0.5) is 0 Å². The number of carbonyl (C=O) groups excluding carboxylic acids is 1. The highest BCUT2D eigenvalue weighted by atomic mass is 16.5. The lowest BCUT2D eigenvalue weighted by Gasteiger charge is -2.51. The van der Waals surface area contributed by atoms with Crippen LogP contribution in [0.3, 0.4) is 0 Å². The SMILES string of the molecule is C=C[C@H]1C[N@@]2CC[C@H]1C[C@H]2C(OC(=O)C1CCC(CCC)CC1)c1ccnc2ccccc12. The number of carbonyl (C=O) groups is 1. The molecule has 0 amide bonds. The van der Waals surface area contributed by atoms with E-state index in [4.69, 9.17) is 4.74 Å². The maximum absolute atomic E-state index is 13.5. The van der Waals surface area contributed by atoms with Crippen LogP contribution in [0.25, 0.3) is 10.9 Å². The molecule has 1 unspecified atom stereocenters. The summed E-state index contributed by atoms with van der Waals surface area (Å²) in [4.78, 5) is 20.6. The number of aromatic nitrogens is 1. The predicted molar refractivity (Wildman–Crippen MR) is 133 cm³/mol. The van der Waals surface area contributed by atoms with E-state index in [9.17, 15) is 4.79 Å². The van der Waals surface area contributed by atoms with Gasteiger partial charge >= 0.3 is 5.97 Å². The fraction of sp³-hybridized carbons (Fsp3) is 0.586. The highest BCUT2D eigenvalue weighted by molar-refractivity contribution is 5.83. The molecule has 0 radical (unpaired) electrons. The van der Waals surface area contributed by atoms with Crippen molar-refractivity contribution < 1.29 is 9.53 Å². The molecule has 0 N–H and O–H groups in total. The molecule has 2 aromatic rings. The van der Waals surface area contributed by atoms with Crippen molar-refractivity contribution in [1.29, 1.82) is 0 Å². The lowest BCUT2D eigenvalue weighted by atomic mass is 9.73. The van der Waals surface area contributed by atoms with E-state index >= 15 is 0 Å². The van der Waals surface area contributed by atoms with E-state index in [1.807, 2.05) is 18.3 Å². The van der Waals surface area contributed by atoms with Gasteiger partial charge in [-0.2, -0.15) is 0 Å². The molecule has 4 fully saturated rings. The summed E-state index contributed by atoms with van der Waals surface area (Å²) in [5.74, 6) is 2.03. The zero-order valence-corrected chi connectivity index (χ0v) is 20.0. The smallest absolute Gasteiger partial charge is 0.309 e. The number of hydrogen-bond donors (Lipinski definition) is 0. The molecule has 4 aliphatic rings. The van der Waals surface area contributed by atoms with Crippen molar-refractivity contribution in [3.63, 3.8) is 0 Å². The summed E-state index contributed by atoms with van der Waals surface area (Å²) >= 11 is 0. The molecule has 33 heavy (non-hydrogen) atoms. The standard InChI is InChI=1S/C29H38N2O2/c1-3-7-20-10-12-22(13-11-20)29(32)33-28(25-14-16-30-26-9-6-5-8-24(25)26)27-18-23-15-17-31(27)19-21(23)4-2/h4-6,8-9,14,16,20-23,27-28H,2-3,7,10-13,15,17-19H2,1H3/t20?,21-,22?,23-,27-,28?/m0/s1. The van der Waals surface area contributed by atoms with Gasteiger partial charge in [-0.15, -0.1) is 6.58 Å². The van der Waals surface area contributed by atoms with E-state index in [2.05, 4.69) is 47.7 Å². The van der Waals surface area contributed by atoms with E-state index in [1.165, 1.54) is 19.3 Å². The topological polar surface area (TPSA) is 42.4 Å². The van der Waals surface area contributed by atoms with Gasteiger partial charge in [-0.1, -0.05) is 44.0 Å². The van der Waals surface area contributed by atoms with Gasteiger partial charge in [-0.3, -0.25) is 14.7 Å². The molecular weight excluding hydrogens is 408 g/mol. The van der Waals surface area contributed by atoms with Gasteiger partial charge in [-0.25, -0.2) is 0 Å². The molecule has 4 heterocycles. The molecule has 1 aromatic heterocycles. The number of para-hydroxylation sites is 1. The zero-order chi connectivity index (χ0) is 22.8. The Morgan fingerprint density at radius 3 is 2.76 bits per heavy atom. The van der Waals surface area contributed by atoms with Crippen molar-refractivity contribution in [1.82, 2.24) is 9.88 Å². The summed E-state index contributed by atoms with van der Waals surface area (Å²) in [6.07, 6.45) is 12.8. The Morgan fingerprint density at radius 2 is 2.03 bits per heavy atom. The molecule has 0 spiro atoms. The Hall–Kier alpha value is -2.20. The molecular formula is C29H38N2O2. The van der Waals surface area contributed by atoms with Crippen LogP contribution >= 0.6 is 0 Å². The quantitative estimate of drug-likeness (QED) is 0.369. The van der Waals surface area contributed by atoms with Crippen molar-refractivity contribution >= 4 is 16.9 Å². The monoisotopic (exact) mass is 446 g/mol. The third kappa shape index (κ3) is 4.59. The molecule has 3 saturated heterocycles. The summed E-state index contributed by atoms with van der Waals surface area (Å²) in [6, 6.07) is 10.6. The summed E-state index contributed by atoms with van der Waals surface area (Å²) in [7, 11) is 0. The molecule has 176 valence electrons. The molecule has 3 aliphatic heterocycles. The van der Waals surface area contributed by atoms with Gasteiger partial charge < -0.3 is 4.74 Å². The summed E-state index contributed by atoms with van der Waals surface area (Å²) in [5, 5.41) is 1.10. The maximum Gasteiger partial charge on any atom is 0.309 e. The summed E-state index contributed by atoms with van der Waals surface area (Å²) in [5.41, 5.74) is 2.08. The minimum absolute atomic E-state index is 0.0127. The number of fused-ring (bicyclic) bond motifs is 4. The molecule has 5 atom stereocenters. The first kappa shape index (κ1) is 22.6. The number of esters is 1. The van der Waals surface area contributed by atoms with Gasteiger partial charge in [-0.05, 0) is 75.0 Å². The van der Waals surface area contributed by atoms with Crippen LogP contribution in [-0.2, 0) is 9.53 Å².